The molecule has 0 atom stereocenters. The van der Waals surface area contributed by atoms with Gasteiger partial charge in [0.05, 0.1) is 6.61 Å². The molecule has 0 aliphatic heterocycles. The normalized spacial score (nSPS) is 12.3. The lowest BCUT2D eigenvalue weighted by Crippen LogP contribution is -1.93. The highest BCUT2D eigenvalue weighted by Crippen LogP contribution is 2.32. The highest BCUT2D eigenvalue weighted by atomic mass is 19.2. The third-order valence-electron chi connectivity index (χ3n) is 4.26. The van der Waals surface area contributed by atoms with Crippen LogP contribution in [0.3, 0.4) is 0 Å². The molecule has 3 aromatic rings. The highest BCUT2D eigenvalue weighted by Gasteiger charge is 2.12. The summed E-state index contributed by atoms with van der Waals surface area (Å²) in [5.41, 5.74) is 0.366. The summed E-state index contributed by atoms with van der Waals surface area (Å²) in [4.78, 5) is 0. The molecule has 3 aromatic carbocycles. The maximum Gasteiger partial charge on any atom is 0.166 e. The second-order valence-corrected chi connectivity index (χ2v) is 6.19. The number of rotatable bonds is 7. The largest absolute Gasteiger partial charge is 0.494 e. The Labute approximate surface area is 163 Å². The number of benzene rings is 3. The Balaban J connectivity index is 1.85. The van der Waals surface area contributed by atoms with E-state index in [4.69, 9.17) is 9.47 Å². The van der Waals surface area contributed by atoms with Crippen molar-refractivity contribution in [2.24, 2.45) is 0 Å². The Morgan fingerprint density at radius 2 is 1.39 bits per heavy atom. The predicted molar refractivity (Wildman–Crippen MR) is 111 cm³/mol. The van der Waals surface area contributed by atoms with E-state index >= 15 is 0 Å². The van der Waals surface area contributed by atoms with Crippen LogP contribution in [0.2, 0.25) is 0 Å². The van der Waals surface area contributed by atoms with Crippen molar-refractivity contribution in [3.63, 3.8) is 0 Å². The molecule has 0 aliphatic carbocycles. The van der Waals surface area contributed by atoms with Gasteiger partial charge in [-0.05, 0) is 67.1 Å². The van der Waals surface area contributed by atoms with Crippen LogP contribution < -0.4 is 9.47 Å². The number of hydrogen-bond acceptors (Lipinski definition) is 2. The van der Waals surface area contributed by atoms with Crippen LogP contribution >= 0.6 is 0 Å². The number of halogens is 2. The molecule has 0 aliphatic rings. The second kappa shape index (κ2) is 9.18. The fourth-order valence-corrected chi connectivity index (χ4v) is 2.81. The Morgan fingerprint density at radius 3 is 2.11 bits per heavy atom. The minimum Gasteiger partial charge on any atom is -0.494 e. The van der Waals surface area contributed by atoms with E-state index in [-0.39, 0.29) is 11.1 Å². The third kappa shape index (κ3) is 4.58. The summed E-state index contributed by atoms with van der Waals surface area (Å²) in [5.74, 6) is -0.434. The Kier molecular flexibility index (Phi) is 6.43. The maximum atomic E-state index is 14.7. The Morgan fingerprint density at radius 1 is 0.786 bits per heavy atom. The van der Waals surface area contributed by atoms with Crippen LogP contribution in [0.15, 0.2) is 72.8 Å². The molecule has 0 heterocycles. The first-order chi connectivity index (χ1) is 13.6. The van der Waals surface area contributed by atoms with E-state index in [2.05, 4.69) is 0 Å². The first-order valence-electron chi connectivity index (χ1n) is 9.19. The van der Waals surface area contributed by atoms with Gasteiger partial charge >= 0.3 is 0 Å². The first-order valence-corrected chi connectivity index (χ1v) is 9.19. The van der Waals surface area contributed by atoms with Gasteiger partial charge in [-0.25, -0.2) is 8.78 Å². The van der Waals surface area contributed by atoms with Crippen molar-refractivity contribution in [1.82, 2.24) is 0 Å². The fourth-order valence-electron chi connectivity index (χ4n) is 2.81. The van der Waals surface area contributed by atoms with Crippen LogP contribution in [-0.2, 0) is 0 Å². The summed E-state index contributed by atoms with van der Waals surface area (Å²) >= 11 is 0. The Bertz CT molecular complexity index is 1000. The van der Waals surface area contributed by atoms with E-state index in [1.54, 1.807) is 30.3 Å². The standard InChI is InChI=1S/C24H22F2O2/c1-3-5-14-28-21-11-8-17(9-12-21)23(25)24(26)20-7-6-19-16-22(27-4-2)13-10-18(19)15-20/h3,5-13,15-16H,4,14H2,1-2H3. The van der Waals surface area contributed by atoms with Gasteiger partial charge in [-0.15, -0.1) is 0 Å². The van der Waals surface area contributed by atoms with E-state index in [9.17, 15) is 8.78 Å². The van der Waals surface area contributed by atoms with Crippen molar-refractivity contribution in [3.05, 3.63) is 83.9 Å². The maximum absolute atomic E-state index is 14.7. The minimum absolute atomic E-state index is 0.169. The smallest absolute Gasteiger partial charge is 0.166 e. The first kappa shape index (κ1) is 19.6. The summed E-state index contributed by atoms with van der Waals surface area (Å²) in [7, 11) is 0. The molecule has 0 bridgehead atoms. The van der Waals surface area contributed by atoms with E-state index in [0.717, 1.165) is 16.5 Å². The molecule has 0 saturated carbocycles. The second-order valence-electron chi connectivity index (χ2n) is 6.19. The van der Waals surface area contributed by atoms with Crippen LogP contribution in [0.5, 0.6) is 11.5 Å². The van der Waals surface area contributed by atoms with E-state index in [1.165, 1.54) is 12.1 Å². The predicted octanol–water partition coefficient (Wildman–Crippen LogP) is 6.96. The monoisotopic (exact) mass is 380 g/mol. The van der Waals surface area contributed by atoms with Gasteiger partial charge in [0.15, 0.2) is 11.7 Å². The highest BCUT2D eigenvalue weighted by molar-refractivity contribution is 5.90. The molecule has 0 fully saturated rings. The molecule has 0 spiro atoms. The molecule has 0 radical (unpaired) electrons. The number of hydrogen-bond donors (Lipinski definition) is 0. The number of ether oxygens (including phenoxy) is 2. The summed E-state index contributed by atoms with van der Waals surface area (Å²) in [6, 6.07) is 16.8. The van der Waals surface area contributed by atoms with Crippen molar-refractivity contribution in [3.8, 4) is 11.5 Å². The van der Waals surface area contributed by atoms with Gasteiger partial charge in [0.25, 0.3) is 0 Å². The molecule has 3 rings (SSSR count). The van der Waals surface area contributed by atoms with E-state index in [0.29, 0.717) is 19.0 Å². The average molecular weight is 380 g/mol. The van der Waals surface area contributed by atoms with Gasteiger partial charge in [0.2, 0.25) is 0 Å². The minimum atomic E-state index is -0.898. The van der Waals surface area contributed by atoms with Crippen LogP contribution in [0.1, 0.15) is 25.0 Å². The summed E-state index contributed by atoms with van der Waals surface area (Å²) in [6.45, 7) is 4.83. The van der Waals surface area contributed by atoms with Gasteiger partial charge in [-0.1, -0.05) is 30.4 Å². The quantitative estimate of drug-likeness (QED) is 0.326. The van der Waals surface area contributed by atoms with Crippen molar-refractivity contribution in [1.29, 1.82) is 0 Å². The summed E-state index contributed by atoms with van der Waals surface area (Å²) < 4.78 is 40.3. The zero-order valence-electron chi connectivity index (χ0n) is 15.9. The molecule has 0 aromatic heterocycles. The third-order valence-corrected chi connectivity index (χ3v) is 4.26. The van der Waals surface area contributed by atoms with Gasteiger partial charge in [-0.2, -0.15) is 0 Å². The summed E-state index contributed by atoms with van der Waals surface area (Å²) in [6.07, 6.45) is 3.75. The molecule has 28 heavy (non-hydrogen) atoms. The van der Waals surface area contributed by atoms with Gasteiger partial charge < -0.3 is 9.47 Å². The molecule has 144 valence electrons. The molecule has 0 amide bonds. The number of allylic oxidation sites excluding steroid dienone is 1. The van der Waals surface area contributed by atoms with Crippen LogP contribution in [0.4, 0.5) is 8.78 Å². The molecule has 0 unspecified atom stereocenters. The average Bonchev–Trinajstić information content (AvgIpc) is 2.73. The fraction of sp³-hybridized carbons (Fsp3) is 0.167. The van der Waals surface area contributed by atoms with Crippen LogP contribution in [0.25, 0.3) is 22.4 Å². The Hall–Kier alpha value is -3.14. The van der Waals surface area contributed by atoms with Crippen LogP contribution in [0, 0.1) is 0 Å². The molecule has 2 nitrogen and oxygen atoms in total. The molecular formula is C24H22F2O2. The van der Waals surface area contributed by atoms with E-state index in [1.807, 2.05) is 44.2 Å². The van der Waals surface area contributed by atoms with E-state index < -0.39 is 11.7 Å². The van der Waals surface area contributed by atoms with Gasteiger partial charge in [-0.3, -0.25) is 0 Å². The topological polar surface area (TPSA) is 18.5 Å². The molecular weight excluding hydrogens is 358 g/mol. The summed E-state index contributed by atoms with van der Waals surface area (Å²) in [5, 5.41) is 1.72. The molecule has 0 N–H and O–H groups in total. The van der Waals surface area contributed by atoms with Crippen molar-refractivity contribution in [2.75, 3.05) is 13.2 Å². The SMILES string of the molecule is CC=CCOc1ccc(C(F)=C(F)c2ccc3cc(OCC)ccc3c2)cc1. The lowest BCUT2D eigenvalue weighted by Gasteiger charge is -2.08. The van der Waals surface area contributed by atoms with Crippen molar-refractivity contribution < 1.29 is 18.3 Å². The molecule has 4 heteroatoms. The van der Waals surface area contributed by atoms with Crippen LogP contribution in [-0.4, -0.2) is 13.2 Å². The zero-order valence-corrected chi connectivity index (χ0v) is 15.9. The van der Waals surface area contributed by atoms with Crippen molar-refractivity contribution in [2.45, 2.75) is 13.8 Å². The number of fused-ring (bicyclic) bond motifs is 1. The lowest BCUT2D eigenvalue weighted by atomic mass is 10.0. The molecule has 0 saturated heterocycles. The zero-order chi connectivity index (χ0) is 19.9. The van der Waals surface area contributed by atoms with Crippen molar-refractivity contribution >= 4 is 22.4 Å². The van der Waals surface area contributed by atoms with Gasteiger partial charge in [0, 0.05) is 11.1 Å². The lowest BCUT2D eigenvalue weighted by molar-refractivity contribution is 0.341. The van der Waals surface area contributed by atoms with Gasteiger partial charge in [0.1, 0.15) is 18.1 Å².